The Kier molecular flexibility index (Phi) is 4.42. The third-order valence-electron chi connectivity index (χ3n) is 3.76. The number of fused-ring (bicyclic) bond motifs is 1. The summed E-state index contributed by atoms with van der Waals surface area (Å²) in [6.07, 6.45) is 4.89. The number of carbonyl (C=O) groups excluding carboxylic acids is 1. The van der Waals surface area contributed by atoms with Gasteiger partial charge in [-0.2, -0.15) is 0 Å². The molecule has 1 aromatic carbocycles. The number of aliphatic carboxylic acids is 1. The number of imidazole rings is 1. The topological polar surface area (TPSA) is 83.7 Å². The first-order chi connectivity index (χ1) is 12.0. The van der Waals surface area contributed by atoms with Crippen LogP contribution in [0.2, 0.25) is 0 Å². The molecule has 0 aliphatic carbocycles. The Bertz CT molecular complexity index is 955. The van der Waals surface area contributed by atoms with Gasteiger partial charge in [-0.1, -0.05) is 0 Å². The van der Waals surface area contributed by atoms with Crippen molar-refractivity contribution < 1.29 is 23.5 Å². The molecule has 0 spiro atoms. The molecule has 1 unspecified atom stereocenters. The van der Waals surface area contributed by atoms with Crippen molar-refractivity contribution in [3.63, 3.8) is 0 Å². The zero-order valence-electron chi connectivity index (χ0n) is 12.8. The van der Waals surface area contributed by atoms with Gasteiger partial charge >= 0.3 is 5.97 Å². The summed E-state index contributed by atoms with van der Waals surface area (Å²) in [7, 11) is 0. The van der Waals surface area contributed by atoms with Crippen LogP contribution in [0.15, 0.2) is 48.9 Å². The summed E-state index contributed by atoms with van der Waals surface area (Å²) in [6, 6.07) is 5.75. The Labute approximate surface area is 140 Å². The maximum absolute atomic E-state index is 13.8. The van der Waals surface area contributed by atoms with Gasteiger partial charge in [0.1, 0.15) is 23.2 Å². The first kappa shape index (κ1) is 16.6. The van der Waals surface area contributed by atoms with E-state index >= 15 is 0 Å². The minimum absolute atomic E-state index is 0.247. The monoisotopic (exact) mass is 345 g/mol. The highest BCUT2D eigenvalue weighted by molar-refractivity contribution is 6.00. The molecule has 3 rings (SSSR count). The number of carboxylic acids is 1. The minimum atomic E-state index is -1.42. The maximum Gasteiger partial charge on any atom is 0.312 e. The molecule has 0 saturated carbocycles. The Morgan fingerprint density at radius 3 is 2.80 bits per heavy atom. The molecule has 0 saturated heterocycles. The van der Waals surface area contributed by atoms with E-state index in [0.29, 0.717) is 5.65 Å². The van der Waals surface area contributed by atoms with Gasteiger partial charge in [0.25, 0.3) is 5.91 Å². The number of benzene rings is 1. The number of amides is 1. The van der Waals surface area contributed by atoms with E-state index in [1.807, 2.05) is 0 Å². The van der Waals surface area contributed by atoms with Crippen LogP contribution in [0.25, 0.3) is 5.65 Å². The predicted octanol–water partition coefficient (Wildman–Crippen LogP) is 2.21. The largest absolute Gasteiger partial charge is 0.481 e. The molecule has 0 aliphatic heterocycles. The summed E-state index contributed by atoms with van der Waals surface area (Å²) >= 11 is 0. The van der Waals surface area contributed by atoms with Crippen molar-refractivity contribution in [2.45, 2.75) is 5.92 Å². The van der Waals surface area contributed by atoms with Gasteiger partial charge in [0.05, 0.1) is 5.56 Å². The van der Waals surface area contributed by atoms with E-state index in [1.54, 1.807) is 22.9 Å². The van der Waals surface area contributed by atoms with Crippen LogP contribution in [-0.2, 0) is 4.79 Å². The summed E-state index contributed by atoms with van der Waals surface area (Å²) in [5.74, 6) is -4.95. The second-order valence-corrected chi connectivity index (χ2v) is 5.35. The van der Waals surface area contributed by atoms with Crippen molar-refractivity contribution in [2.24, 2.45) is 0 Å². The highest BCUT2D eigenvalue weighted by atomic mass is 19.1. The Balaban J connectivity index is 1.82. The second kappa shape index (κ2) is 6.68. The van der Waals surface area contributed by atoms with Gasteiger partial charge in [-0.3, -0.25) is 9.59 Å². The second-order valence-electron chi connectivity index (χ2n) is 5.35. The molecule has 0 aliphatic rings. The molecule has 128 valence electrons. The number of nitrogens with one attached hydrogen (secondary N) is 1. The fourth-order valence-electron chi connectivity index (χ4n) is 2.53. The number of carboxylic acid groups (broad SMARTS) is 1. The number of aromatic nitrogens is 2. The molecule has 3 aromatic rings. The van der Waals surface area contributed by atoms with E-state index < -0.39 is 36.0 Å². The zero-order chi connectivity index (χ0) is 18.0. The zero-order valence-corrected chi connectivity index (χ0v) is 12.8. The lowest BCUT2D eigenvalue weighted by atomic mass is 9.98. The molecular weight excluding hydrogens is 332 g/mol. The van der Waals surface area contributed by atoms with Crippen molar-refractivity contribution in [3.05, 3.63) is 71.7 Å². The van der Waals surface area contributed by atoms with E-state index in [9.17, 15) is 23.5 Å². The number of nitrogens with zero attached hydrogens (tertiary/aromatic N) is 2. The molecule has 0 fully saturated rings. The number of rotatable bonds is 5. The Morgan fingerprint density at radius 1 is 1.24 bits per heavy atom. The smallest absolute Gasteiger partial charge is 0.312 e. The fraction of sp³-hybridized carbons (Fsp3) is 0.118. The molecule has 0 bridgehead atoms. The van der Waals surface area contributed by atoms with Gasteiger partial charge in [0, 0.05) is 30.7 Å². The Hall–Kier alpha value is -3.29. The minimum Gasteiger partial charge on any atom is -0.481 e. The maximum atomic E-state index is 13.8. The molecule has 1 atom stereocenters. The highest BCUT2D eigenvalue weighted by Crippen LogP contribution is 2.21. The number of pyridine rings is 1. The van der Waals surface area contributed by atoms with Gasteiger partial charge in [-0.05, 0) is 30.3 Å². The van der Waals surface area contributed by atoms with Crippen molar-refractivity contribution in [2.75, 3.05) is 6.54 Å². The van der Waals surface area contributed by atoms with Crippen LogP contribution in [0.3, 0.4) is 0 Å². The van der Waals surface area contributed by atoms with Crippen LogP contribution in [0.5, 0.6) is 0 Å². The molecule has 0 radical (unpaired) electrons. The van der Waals surface area contributed by atoms with Gasteiger partial charge < -0.3 is 14.8 Å². The summed E-state index contributed by atoms with van der Waals surface area (Å²) < 4.78 is 28.8. The quantitative estimate of drug-likeness (QED) is 0.743. The van der Waals surface area contributed by atoms with Crippen molar-refractivity contribution in [3.8, 4) is 0 Å². The number of halogens is 2. The first-order valence-electron chi connectivity index (χ1n) is 7.35. The molecule has 6 nitrogen and oxygen atoms in total. The summed E-state index contributed by atoms with van der Waals surface area (Å²) in [5.41, 5.74) is 0.326. The first-order valence-corrected chi connectivity index (χ1v) is 7.35. The average molecular weight is 345 g/mol. The molecule has 2 heterocycles. The standard InChI is InChI=1S/C17H13F2N3O3/c18-10-3-4-14(19)12(8-10)13(17(24)25)9-21-16(23)11-2-1-6-22-7-5-20-15(11)22/h1-8,13H,9H2,(H,21,23)(H,24,25). The normalized spacial score (nSPS) is 12.1. The van der Waals surface area contributed by atoms with E-state index in [-0.39, 0.29) is 11.1 Å². The predicted molar refractivity (Wildman–Crippen MR) is 84.3 cm³/mol. The molecule has 25 heavy (non-hydrogen) atoms. The van der Waals surface area contributed by atoms with Crippen LogP contribution < -0.4 is 5.32 Å². The molecule has 2 N–H and O–H groups in total. The summed E-state index contributed by atoms with van der Waals surface area (Å²) in [5, 5.41) is 11.8. The SMILES string of the molecule is O=C(NCC(C(=O)O)c1cc(F)ccc1F)c1cccn2ccnc12. The molecule has 2 aromatic heterocycles. The third kappa shape index (κ3) is 3.32. The van der Waals surface area contributed by atoms with Crippen LogP contribution >= 0.6 is 0 Å². The van der Waals surface area contributed by atoms with Crippen molar-refractivity contribution >= 4 is 17.5 Å². The Morgan fingerprint density at radius 2 is 2.04 bits per heavy atom. The van der Waals surface area contributed by atoms with Crippen molar-refractivity contribution in [1.82, 2.24) is 14.7 Å². The van der Waals surface area contributed by atoms with E-state index in [2.05, 4.69) is 10.3 Å². The number of hydrogen-bond acceptors (Lipinski definition) is 3. The van der Waals surface area contributed by atoms with Crippen LogP contribution in [0.1, 0.15) is 21.8 Å². The molecule has 1 amide bonds. The van der Waals surface area contributed by atoms with E-state index in [0.717, 1.165) is 18.2 Å². The lowest BCUT2D eigenvalue weighted by Gasteiger charge is -2.15. The van der Waals surface area contributed by atoms with Crippen LogP contribution in [0, 0.1) is 11.6 Å². The molecular formula is C17H13F2N3O3. The summed E-state index contributed by atoms with van der Waals surface area (Å²) in [4.78, 5) is 27.8. The summed E-state index contributed by atoms with van der Waals surface area (Å²) in [6.45, 7) is -0.393. The van der Waals surface area contributed by atoms with E-state index in [4.69, 9.17) is 0 Å². The van der Waals surface area contributed by atoms with Crippen LogP contribution in [0.4, 0.5) is 8.78 Å². The lowest BCUT2D eigenvalue weighted by Crippen LogP contribution is -2.32. The lowest BCUT2D eigenvalue weighted by molar-refractivity contribution is -0.138. The molecule has 8 heteroatoms. The third-order valence-corrected chi connectivity index (χ3v) is 3.76. The number of hydrogen-bond donors (Lipinski definition) is 2. The number of carbonyl (C=O) groups is 2. The van der Waals surface area contributed by atoms with Gasteiger partial charge in [0.15, 0.2) is 0 Å². The van der Waals surface area contributed by atoms with Crippen molar-refractivity contribution in [1.29, 1.82) is 0 Å². The van der Waals surface area contributed by atoms with Gasteiger partial charge in [-0.25, -0.2) is 13.8 Å². The highest BCUT2D eigenvalue weighted by Gasteiger charge is 2.25. The average Bonchev–Trinajstić information content (AvgIpc) is 3.06. The van der Waals surface area contributed by atoms with Crippen LogP contribution in [-0.4, -0.2) is 32.9 Å². The van der Waals surface area contributed by atoms with Gasteiger partial charge in [0.2, 0.25) is 0 Å². The van der Waals surface area contributed by atoms with E-state index in [1.165, 1.54) is 12.3 Å². The fourth-order valence-corrected chi connectivity index (χ4v) is 2.53. The van der Waals surface area contributed by atoms with Gasteiger partial charge in [-0.15, -0.1) is 0 Å².